The number of rotatable bonds is 9. The van der Waals surface area contributed by atoms with E-state index in [1.165, 1.54) is 6.07 Å². The molecule has 0 aliphatic rings. The Bertz CT molecular complexity index is 491. The van der Waals surface area contributed by atoms with Gasteiger partial charge in [-0.25, -0.2) is 9.38 Å². The van der Waals surface area contributed by atoms with Crippen molar-refractivity contribution in [3.63, 3.8) is 0 Å². The zero-order valence-corrected chi connectivity index (χ0v) is 15.5. The molecule has 130 valence electrons. The number of hydrogen-bond acceptors (Lipinski definition) is 3. The predicted molar refractivity (Wildman–Crippen MR) is 99.6 cm³/mol. The van der Waals surface area contributed by atoms with E-state index in [0.717, 1.165) is 48.9 Å². The quantitative estimate of drug-likeness (QED) is 0.412. The van der Waals surface area contributed by atoms with Gasteiger partial charge in [-0.1, -0.05) is 6.07 Å². The molecule has 0 radical (unpaired) electrons. The van der Waals surface area contributed by atoms with Crippen molar-refractivity contribution in [2.75, 3.05) is 40.0 Å². The summed E-state index contributed by atoms with van der Waals surface area (Å²) < 4.78 is 13.4. The van der Waals surface area contributed by atoms with Gasteiger partial charge in [-0.15, -0.1) is 0 Å². The van der Waals surface area contributed by atoms with Crippen molar-refractivity contribution < 1.29 is 4.39 Å². The Labute approximate surface area is 143 Å². The summed E-state index contributed by atoms with van der Waals surface area (Å²) in [5.74, 6) is 1.43. The molecule has 0 amide bonds. The van der Waals surface area contributed by atoms with Crippen LogP contribution in [0, 0.1) is 5.82 Å². The topological polar surface area (TPSA) is 39.7 Å². The molecule has 1 rings (SSSR count). The van der Waals surface area contributed by atoms with Gasteiger partial charge in [0.15, 0.2) is 5.96 Å². The third-order valence-corrected chi connectivity index (χ3v) is 3.89. The monoisotopic (exact) mass is 340 g/mol. The molecule has 23 heavy (non-hydrogen) atoms. The Morgan fingerprint density at radius 3 is 2.70 bits per heavy atom. The summed E-state index contributed by atoms with van der Waals surface area (Å²) in [7, 11) is 4.14. The smallest absolute Gasteiger partial charge is 0.191 e. The molecule has 0 aliphatic carbocycles. The SMILES string of the molecule is CCNC(=NCc1ccc(F)cc1CSC)NCCCN(C)C. The Kier molecular flexibility index (Phi) is 9.71. The third kappa shape index (κ3) is 8.23. The third-order valence-electron chi connectivity index (χ3n) is 3.29. The zero-order valence-electron chi connectivity index (χ0n) is 14.7. The Morgan fingerprint density at radius 1 is 1.26 bits per heavy atom. The molecular weight excluding hydrogens is 311 g/mol. The van der Waals surface area contributed by atoms with E-state index >= 15 is 0 Å². The van der Waals surface area contributed by atoms with Crippen LogP contribution in [-0.2, 0) is 12.3 Å². The molecule has 2 N–H and O–H groups in total. The lowest BCUT2D eigenvalue weighted by Gasteiger charge is -2.14. The van der Waals surface area contributed by atoms with Gasteiger partial charge in [0.2, 0.25) is 0 Å². The van der Waals surface area contributed by atoms with Crippen molar-refractivity contribution >= 4 is 17.7 Å². The van der Waals surface area contributed by atoms with Crippen molar-refractivity contribution in [2.45, 2.75) is 25.6 Å². The van der Waals surface area contributed by atoms with Gasteiger partial charge in [-0.3, -0.25) is 0 Å². The van der Waals surface area contributed by atoms with Crippen LogP contribution >= 0.6 is 11.8 Å². The average Bonchev–Trinajstić information content (AvgIpc) is 2.50. The first-order valence-corrected chi connectivity index (χ1v) is 9.39. The lowest BCUT2D eigenvalue weighted by molar-refractivity contribution is 0.399. The normalized spacial score (nSPS) is 11.8. The first-order chi connectivity index (χ1) is 11.1. The first kappa shape index (κ1) is 19.8. The van der Waals surface area contributed by atoms with Crippen molar-refractivity contribution in [3.05, 3.63) is 35.1 Å². The molecular formula is C17H29FN4S. The largest absolute Gasteiger partial charge is 0.357 e. The van der Waals surface area contributed by atoms with Crippen LogP contribution in [0.5, 0.6) is 0 Å². The average molecular weight is 341 g/mol. The van der Waals surface area contributed by atoms with Crippen LogP contribution < -0.4 is 10.6 Å². The van der Waals surface area contributed by atoms with Gasteiger partial charge in [-0.2, -0.15) is 11.8 Å². The van der Waals surface area contributed by atoms with Crippen molar-refractivity contribution in [1.29, 1.82) is 0 Å². The number of nitrogens with zero attached hydrogens (tertiary/aromatic N) is 2. The molecule has 1 aromatic rings. The maximum atomic E-state index is 13.4. The van der Waals surface area contributed by atoms with E-state index in [0.29, 0.717) is 6.54 Å². The summed E-state index contributed by atoms with van der Waals surface area (Å²) in [4.78, 5) is 6.79. The molecule has 0 heterocycles. The zero-order chi connectivity index (χ0) is 17.1. The molecule has 0 spiro atoms. The maximum absolute atomic E-state index is 13.4. The summed E-state index contributed by atoms with van der Waals surface area (Å²) in [5, 5.41) is 6.59. The minimum Gasteiger partial charge on any atom is -0.357 e. The number of nitrogens with one attached hydrogen (secondary N) is 2. The number of halogens is 1. The minimum absolute atomic E-state index is 0.185. The van der Waals surface area contributed by atoms with Gasteiger partial charge in [-0.05, 0) is 63.5 Å². The van der Waals surface area contributed by atoms with E-state index in [9.17, 15) is 4.39 Å². The molecule has 0 unspecified atom stereocenters. The Balaban J connectivity index is 2.65. The number of thioether (sulfide) groups is 1. The number of benzene rings is 1. The standard InChI is InChI=1S/C17H29FN4S/c1-5-19-17(20-9-6-10-22(2)3)21-12-14-7-8-16(18)11-15(14)13-23-4/h7-8,11H,5-6,9-10,12-13H2,1-4H3,(H2,19,20,21). The molecule has 0 saturated carbocycles. The van der Waals surface area contributed by atoms with E-state index in [2.05, 4.69) is 34.6 Å². The van der Waals surface area contributed by atoms with Crippen LogP contribution in [0.4, 0.5) is 4.39 Å². The van der Waals surface area contributed by atoms with E-state index < -0.39 is 0 Å². The van der Waals surface area contributed by atoms with Crippen LogP contribution in [0.2, 0.25) is 0 Å². The molecule has 0 fully saturated rings. The summed E-state index contributed by atoms with van der Waals surface area (Å²) in [6, 6.07) is 4.95. The molecule has 4 nitrogen and oxygen atoms in total. The fraction of sp³-hybridized carbons (Fsp3) is 0.588. The highest BCUT2D eigenvalue weighted by Crippen LogP contribution is 2.17. The Morgan fingerprint density at radius 2 is 2.04 bits per heavy atom. The second-order valence-corrected chi connectivity index (χ2v) is 6.49. The van der Waals surface area contributed by atoms with Crippen molar-refractivity contribution in [3.8, 4) is 0 Å². The van der Waals surface area contributed by atoms with Crippen LogP contribution in [0.15, 0.2) is 23.2 Å². The summed E-state index contributed by atoms with van der Waals surface area (Å²) in [6.07, 6.45) is 3.08. The van der Waals surface area contributed by atoms with Crippen LogP contribution in [0.3, 0.4) is 0 Å². The fourth-order valence-electron chi connectivity index (χ4n) is 2.15. The number of hydrogen-bond donors (Lipinski definition) is 2. The van der Waals surface area contributed by atoms with Crippen LogP contribution in [0.1, 0.15) is 24.5 Å². The first-order valence-electron chi connectivity index (χ1n) is 8.00. The van der Waals surface area contributed by atoms with Gasteiger partial charge in [0.05, 0.1) is 6.54 Å². The summed E-state index contributed by atoms with van der Waals surface area (Å²) >= 11 is 1.69. The lowest BCUT2D eigenvalue weighted by atomic mass is 10.1. The maximum Gasteiger partial charge on any atom is 0.191 e. The van der Waals surface area contributed by atoms with Gasteiger partial charge < -0.3 is 15.5 Å². The molecule has 0 saturated heterocycles. The van der Waals surface area contributed by atoms with Gasteiger partial charge >= 0.3 is 0 Å². The summed E-state index contributed by atoms with van der Waals surface area (Å²) in [6.45, 7) is 5.35. The van der Waals surface area contributed by atoms with E-state index in [-0.39, 0.29) is 5.82 Å². The second-order valence-electron chi connectivity index (χ2n) is 5.62. The molecule has 0 aromatic heterocycles. The van der Waals surface area contributed by atoms with Gasteiger partial charge in [0.25, 0.3) is 0 Å². The highest BCUT2D eigenvalue weighted by molar-refractivity contribution is 7.97. The van der Waals surface area contributed by atoms with E-state index in [4.69, 9.17) is 0 Å². The number of guanidine groups is 1. The molecule has 0 aliphatic heterocycles. The van der Waals surface area contributed by atoms with Crippen LogP contribution in [0.25, 0.3) is 0 Å². The Hall–Kier alpha value is -1.27. The molecule has 0 atom stereocenters. The fourth-order valence-corrected chi connectivity index (χ4v) is 2.73. The molecule has 1 aromatic carbocycles. The molecule has 6 heteroatoms. The minimum atomic E-state index is -0.185. The highest BCUT2D eigenvalue weighted by Gasteiger charge is 2.04. The molecule has 0 bridgehead atoms. The lowest BCUT2D eigenvalue weighted by Crippen LogP contribution is -2.38. The van der Waals surface area contributed by atoms with E-state index in [1.807, 2.05) is 19.2 Å². The van der Waals surface area contributed by atoms with Crippen molar-refractivity contribution in [1.82, 2.24) is 15.5 Å². The number of aliphatic imine (C=N–C) groups is 1. The van der Waals surface area contributed by atoms with E-state index in [1.54, 1.807) is 17.8 Å². The van der Waals surface area contributed by atoms with Gasteiger partial charge in [0, 0.05) is 18.8 Å². The predicted octanol–water partition coefficient (Wildman–Crippen LogP) is 2.70. The highest BCUT2D eigenvalue weighted by atomic mass is 32.2. The summed E-state index contributed by atoms with van der Waals surface area (Å²) in [5.41, 5.74) is 2.09. The van der Waals surface area contributed by atoms with Crippen molar-refractivity contribution in [2.24, 2.45) is 4.99 Å². The van der Waals surface area contributed by atoms with Gasteiger partial charge in [0.1, 0.15) is 5.82 Å². The van der Waals surface area contributed by atoms with Crippen LogP contribution in [-0.4, -0.2) is 50.8 Å². The second kappa shape index (κ2) is 11.3.